The van der Waals surface area contributed by atoms with Crippen molar-refractivity contribution in [3.8, 4) is 0 Å². The minimum Gasteiger partial charge on any atom is -0.389 e. The van der Waals surface area contributed by atoms with Gasteiger partial charge in [0.1, 0.15) is 0 Å². The molecule has 0 amide bonds. The second-order valence-electron chi connectivity index (χ2n) is 5.71. The van der Waals surface area contributed by atoms with Crippen molar-refractivity contribution in [2.24, 2.45) is 0 Å². The third-order valence-corrected chi connectivity index (χ3v) is 5.06. The van der Waals surface area contributed by atoms with Gasteiger partial charge in [-0.3, -0.25) is 0 Å². The second-order valence-corrected chi connectivity index (χ2v) is 7.52. The van der Waals surface area contributed by atoms with Gasteiger partial charge in [-0.15, -0.1) is 0 Å². The molecule has 0 bridgehead atoms. The van der Waals surface area contributed by atoms with Gasteiger partial charge in [-0.2, -0.15) is 13.2 Å². The average molecular weight is 337 g/mol. The molecule has 8 heteroatoms. The molecule has 0 heterocycles. The molecule has 0 unspecified atom stereocenters. The number of hydrogen-bond donors (Lipinski definition) is 2. The Morgan fingerprint density at radius 1 is 1.23 bits per heavy atom. The summed E-state index contributed by atoms with van der Waals surface area (Å²) in [5.41, 5.74) is -1.86. The fourth-order valence-electron chi connectivity index (χ4n) is 2.56. The van der Waals surface area contributed by atoms with Crippen LogP contribution in [-0.4, -0.2) is 25.7 Å². The van der Waals surface area contributed by atoms with Crippen molar-refractivity contribution in [2.45, 2.75) is 43.2 Å². The number of hydrogen-bond acceptors (Lipinski definition) is 3. The van der Waals surface area contributed by atoms with Crippen LogP contribution < -0.4 is 4.72 Å². The molecule has 0 aromatic heterocycles. The zero-order chi connectivity index (χ0) is 16.4. The van der Waals surface area contributed by atoms with Gasteiger partial charge in [0.05, 0.1) is 16.9 Å². The van der Waals surface area contributed by atoms with Crippen LogP contribution >= 0.6 is 0 Å². The molecule has 2 rings (SSSR count). The molecule has 0 atom stereocenters. The maximum Gasteiger partial charge on any atom is 0.416 e. The van der Waals surface area contributed by atoms with Crippen molar-refractivity contribution < 1.29 is 26.7 Å². The van der Waals surface area contributed by atoms with Crippen LogP contribution in [0.15, 0.2) is 24.3 Å². The minimum absolute atomic E-state index is 0.0562. The van der Waals surface area contributed by atoms with E-state index in [1.165, 1.54) is 12.1 Å². The maximum absolute atomic E-state index is 12.6. The number of halogens is 3. The number of alkyl halides is 3. The van der Waals surface area contributed by atoms with Crippen LogP contribution in [0.3, 0.4) is 0 Å². The summed E-state index contributed by atoms with van der Waals surface area (Å²) in [4.78, 5) is 0. The number of sulfonamides is 1. The Bertz CT molecular complexity index is 622. The van der Waals surface area contributed by atoms with Gasteiger partial charge < -0.3 is 5.11 Å². The second kappa shape index (κ2) is 6.17. The number of nitrogens with one attached hydrogen (secondary N) is 1. The first-order chi connectivity index (χ1) is 10.1. The van der Waals surface area contributed by atoms with Gasteiger partial charge in [0.15, 0.2) is 0 Å². The van der Waals surface area contributed by atoms with Gasteiger partial charge >= 0.3 is 6.18 Å². The van der Waals surface area contributed by atoms with E-state index >= 15 is 0 Å². The van der Waals surface area contributed by atoms with Crippen LogP contribution in [0.4, 0.5) is 13.2 Å². The molecule has 0 radical (unpaired) electrons. The quantitative estimate of drug-likeness (QED) is 0.867. The molecule has 1 aliphatic carbocycles. The number of rotatable bonds is 5. The topological polar surface area (TPSA) is 66.4 Å². The fraction of sp³-hybridized carbons (Fsp3) is 0.571. The SMILES string of the molecule is O=S(=O)(Cc1cccc(C(F)(F)F)c1)NCC1(O)CCCC1. The first-order valence-corrected chi connectivity index (χ1v) is 8.61. The summed E-state index contributed by atoms with van der Waals surface area (Å²) in [7, 11) is -3.80. The van der Waals surface area contributed by atoms with Crippen molar-refractivity contribution in [3.05, 3.63) is 35.4 Å². The Labute approximate surface area is 127 Å². The lowest BCUT2D eigenvalue weighted by atomic mass is 10.0. The van der Waals surface area contributed by atoms with Crippen molar-refractivity contribution >= 4 is 10.0 Å². The third kappa shape index (κ3) is 4.69. The van der Waals surface area contributed by atoms with Gasteiger partial charge in [0, 0.05) is 6.54 Å². The number of aliphatic hydroxyl groups is 1. The van der Waals surface area contributed by atoms with Crippen molar-refractivity contribution in [1.82, 2.24) is 4.72 Å². The zero-order valence-electron chi connectivity index (χ0n) is 11.9. The van der Waals surface area contributed by atoms with Gasteiger partial charge in [0.2, 0.25) is 10.0 Å². The number of benzene rings is 1. The van der Waals surface area contributed by atoms with E-state index in [1.54, 1.807) is 0 Å². The highest BCUT2D eigenvalue weighted by molar-refractivity contribution is 7.88. The molecular weight excluding hydrogens is 319 g/mol. The normalized spacial score (nSPS) is 18.5. The molecule has 1 aromatic rings. The predicted octanol–water partition coefficient (Wildman–Crippen LogP) is 2.43. The van der Waals surface area contributed by atoms with E-state index in [0.29, 0.717) is 12.8 Å². The summed E-state index contributed by atoms with van der Waals surface area (Å²) < 4.78 is 64.0. The average Bonchev–Trinajstić information content (AvgIpc) is 2.83. The molecule has 124 valence electrons. The highest BCUT2D eigenvalue weighted by Crippen LogP contribution is 2.30. The van der Waals surface area contributed by atoms with E-state index in [-0.39, 0.29) is 12.1 Å². The summed E-state index contributed by atoms with van der Waals surface area (Å²) in [6, 6.07) is 4.23. The largest absolute Gasteiger partial charge is 0.416 e. The summed E-state index contributed by atoms with van der Waals surface area (Å²) in [6.07, 6.45) is -1.78. The Morgan fingerprint density at radius 3 is 2.45 bits per heavy atom. The Balaban J connectivity index is 2.02. The van der Waals surface area contributed by atoms with E-state index in [2.05, 4.69) is 4.72 Å². The van der Waals surface area contributed by atoms with E-state index in [4.69, 9.17) is 0 Å². The standard InChI is InChI=1S/C14H18F3NO3S/c15-14(16,17)12-5-3-4-11(8-12)9-22(20,21)18-10-13(19)6-1-2-7-13/h3-5,8,18-19H,1-2,6-7,9-10H2. The molecule has 1 aromatic carbocycles. The molecule has 1 aliphatic rings. The van der Waals surface area contributed by atoms with E-state index in [9.17, 15) is 26.7 Å². The summed E-state index contributed by atoms with van der Waals surface area (Å²) in [5, 5.41) is 10.1. The maximum atomic E-state index is 12.6. The van der Waals surface area contributed by atoms with E-state index in [0.717, 1.165) is 25.0 Å². The molecule has 0 spiro atoms. The lowest BCUT2D eigenvalue weighted by Gasteiger charge is -2.22. The molecular formula is C14H18F3NO3S. The zero-order valence-corrected chi connectivity index (χ0v) is 12.7. The molecule has 4 nitrogen and oxygen atoms in total. The van der Waals surface area contributed by atoms with Crippen LogP contribution in [0.1, 0.15) is 36.8 Å². The first-order valence-electron chi connectivity index (χ1n) is 6.96. The Morgan fingerprint density at radius 2 is 1.86 bits per heavy atom. The highest BCUT2D eigenvalue weighted by atomic mass is 32.2. The predicted molar refractivity (Wildman–Crippen MR) is 75.5 cm³/mol. The Kier molecular flexibility index (Phi) is 4.84. The van der Waals surface area contributed by atoms with Gasteiger partial charge in [0.25, 0.3) is 0 Å². The lowest BCUT2D eigenvalue weighted by Crippen LogP contribution is -2.41. The fourth-order valence-corrected chi connectivity index (χ4v) is 3.77. The minimum atomic E-state index is -4.51. The van der Waals surface area contributed by atoms with Gasteiger partial charge in [-0.1, -0.05) is 31.0 Å². The van der Waals surface area contributed by atoms with E-state index < -0.39 is 33.1 Å². The Hall–Kier alpha value is -1.12. The van der Waals surface area contributed by atoms with Crippen molar-refractivity contribution in [2.75, 3.05) is 6.54 Å². The van der Waals surface area contributed by atoms with Crippen LogP contribution in [0.2, 0.25) is 0 Å². The summed E-state index contributed by atoms with van der Waals surface area (Å²) in [5.74, 6) is -0.549. The van der Waals surface area contributed by atoms with Gasteiger partial charge in [-0.25, -0.2) is 13.1 Å². The van der Waals surface area contributed by atoms with Crippen LogP contribution in [0.25, 0.3) is 0 Å². The van der Waals surface area contributed by atoms with Crippen LogP contribution in [0.5, 0.6) is 0 Å². The van der Waals surface area contributed by atoms with Crippen molar-refractivity contribution in [3.63, 3.8) is 0 Å². The molecule has 0 aliphatic heterocycles. The molecule has 0 saturated heterocycles. The highest BCUT2D eigenvalue weighted by Gasteiger charge is 2.33. The van der Waals surface area contributed by atoms with Crippen LogP contribution in [-0.2, 0) is 22.0 Å². The van der Waals surface area contributed by atoms with Crippen molar-refractivity contribution in [1.29, 1.82) is 0 Å². The molecule has 22 heavy (non-hydrogen) atoms. The third-order valence-electron chi connectivity index (χ3n) is 3.77. The lowest BCUT2D eigenvalue weighted by molar-refractivity contribution is -0.137. The first kappa shape index (κ1) is 17.2. The smallest absolute Gasteiger partial charge is 0.389 e. The summed E-state index contributed by atoms with van der Waals surface area (Å²) in [6.45, 7) is -0.103. The molecule has 2 N–H and O–H groups in total. The van der Waals surface area contributed by atoms with E-state index in [1.807, 2.05) is 0 Å². The monoisotopic (exact) mass is 337 g/mol. The molecule has 1 saturated carbocycles. The van der Waals surface area contributed by atoms with Gasteiger partial charge in [-0.05, 0) is 24.5 Å². The van der Waals surface area contributed by atoms with Crippen LogP contribution in [0, 0.1) is 0 Å². The molecule has 1 fully saturated rings. The summed E-state index contributed by atoms with van der Waals surface area (Å²) >= 11 is 0.